The standard InChI is InChI=1S/C17H26BNO4/c1-11(2)20-15-13(21-12-7-8-12)9-10-14(19-15)18-22-16(3,4)17(5,6)23-18/h9-12H,7-8H2,1-6H3. The van der Waals surface area contributed by atoms with Crippen LogP contribution in [0.25, 0.3) is 0 Å². The lowest BCUT2D eigenvalue weighted by molar-refractivity contribution is 0.00578. The molecular weight excluding hydrogens is 293 g/mol. The number of rotatable bonds is 5. The van der Waals surface area contributed by atoms with Gasteiger partial charge >= 0.3 is 7.12 Å². The molecule has 0 amide bonds. The Morgan fingerprint density at radius 2 is 1.74 bits per heavy atom. The summed E-state index contributed by atoms with van der Waals surface area (Å²) in [5.74, 6) is 1.21. The molecular formula is C17H26BNO4. The van der Waals surface area contributed by atoms with Crippen LogP contribution in [0.5, 0.6) is 11.6 Å². The van der Waals surface area contributed by atoms with Crippen LogP contribution >= 0.6 is 0 Å². The minimum Gasteiger partial charge on any atom is -0.485 e. The highest BCUT2D eigenvalue weighted by molar-refractivity contribution is 6.61. The lowest BCUT2D eigenvalue weighted by Crippen LogP contribution is -2.41. The van der Waals surface area contributed by atoms with Gasteiger partial charge in [0.05, 0.1) is 29.0 Å². The molecule has 3 rings (SSSR count). The van der Waals surface area contributed by atoms with Gasteiger partial charge in [0.15, 0.2) is 5.75 Å². The fourth-order valence-corrected chi connectivity index (χ4v) is 2.30. The van der Waals surface area contributed by atoms with Crippen LogP contribution in [0, 0.1) is 0 Å². The van der Waals surface area contributed by atoms with E-state index in [1.165, 1.54) is 0 Å². The van der Waals surface area contributed by atoms with Gasteiger partial charge in [-0.05, 0) is 66.5 Å². The van der Waals surface area contributed by atoms with Gasteiger partial charge in [-0.2, -0.15) is 0 Å². The van der Waals surface area contributed by atoms with Crippen molar-refractivity contribution in [3.05, 3.63) is 12.1 Å². The van der Waals surface area contributed by atoms with Crippen molar-refractivity contribution in [1.82, 2.24) is 4.98 Å². The van der Waals surface area contributed by atoms with Gasteiger partial charge in [0, 0.05) is 0 Å². The average Bonchev–Trinajstić information content (AvgIpc) is 3.18. The smallest absolute Gasteiger partial charge is 0.485 e. The SMILES string of the molecule is CC(C)Oc1nc(B2OC(C)(C)C(C)(C)O2)ccc1OC1CC1. The first-order chi connectivity index (χ1) is 10.7. The zero-order valence-corrected chi connectivity index (χ0v) is 14.9. The van der Waals surface area contributed by atoms with Crippen molar-refractivity contribution < 1.29 is 18.8 Å². The first-order valence-electron chi connectivity index (χ1n) is 8.38. The number of hydrogen-bond acceptors (Lipinski definition) is 5. The Balaban J connectivity index is 1.85. The first kappa shape index (κ1) is 16.6. The van der Waals surface area contributed by atoms with Crippen LogP contribution in [0.1, 0.15) is 54.4 Å². The molecule has 1 aliphatic carbocycles. The summed E-state index contributed by atoms with van der Waals surface area (Å²) in [7, 11) is -0.496. The Hall–Kier alpha value is -1.27. The van der Waals surface area contributed by atoms with Gasteiger partial charge in [-0.15, -0.1) is 0 Å². The highest BCUT2D eigenvalue weighted by Crippen LogP contribution is 2.37. The molecule has 0 bridgehead atoms. The molecule has 23 heavy (non-hydrogen) atoms. The second-order valence-electron chi connectivity index (χ2n) is 7.61. The van der Waals surface area contributed by atoms with Crippen molar-refractivity contribution in [3.63, 3.8) is 0 Å². The molecule has 1 saturated carbocycles. The van der Waals surface area contributed by atoms with Crippen molar-refractivity contribution in [2.24, 2.45) is 0 Å². The van der Waals surface area contributed by atoms with E-state index in [1.807, 2.05) is 53.7 Å². The molecule has 0 N–H and O–H groups in total. The quantitative estimate of drug-likeness (QED) is 0.781. The van der Waals surface area contributed by atoms with Gasteiger partial charge in [0.25, 0.3) is 5.88 Å². The molecule has 2 aliphatic rings. The van der Waals surface area contributed by atoms with Crippen LogP contribution in [0.4, 0.5) is 0 Å². The normalized spacial score (nSPS) is 22.5. The Kier molecular flexibility index (Phi) is 4.09. The van der Waals surface area contributed by atoms with Crippen LogP contribution in [0.15, 0.2) is 12.1 Å². The summed E-state index contributed by atoms with van der Waals surface area (Å²) in [6, 6.07) is 3.80. The van der Waals surface area contributed by atoms with E-state index in [0.29, 0.717) is 23.3 Å². The van der Waals surface area contributed by atoms with Crippen LogP contribution in [0.3, 0.4) is 0 Å². The predicted molar refractivity (Wildman–Crippen MR) is 89.4 cm³/mol. The van der Waals surface area contributed by atoms with E-state index in [2.05, 4.69) is 4.98 Å². The second kappa shape index (κ2) is 5.67. The highest BCUT2D eigenvalue weighted by Gasteiger charge is 2.52. The van der Waals surface area contributed by atoms with Crippen molar-refractivity contribution in [1.29, 1.82) is 0 Å². The van der Waals surface area contributed by atoms with E-state index in [1.54, 1.807) is 0 Å². The molecule has 126 valence electrons. The molecule has 0 atom stereocenters. The van der Waals surface area contributed by atoms with Crippen molar-refractivity contribution in [2.75, 3.05) is 0 Å². The Morgan fingerprint density at radius 1 is 1.13 bits per heavy atom. The third kappa shape index (κ3) is 3.48. The first-order valence-corrected chi connectivity index (χ1v) is 8.38. The average molecular weight is 319 g/mol. The van der Waals surface area contributed by atoms with Gasteiger partial charge in [0.2, 0.25) is 0 Å². The zero-order valence-electron chi connectivity index (χ0n) is 14.9. The van der Waals surface area contributed by atoms with Crippen LogP contribution in [-0.2, 0) is 9.31 Å². The summed E-state index contributed by atoms with van der Waals surface area (Å²) >= 11 is 0. The van der Waals surface area contributed by atoms with Gasteiger partial charge in [-0.25, -0.2) is 4.98 Å². The predicted octanol–water partition coefficient (Wildman–Crippen LogP) is 2.71. The molecule has 6 heteroatoms. The topological polar surface area (TPSA) is 49.8 Å². The number of nitrogens with zero attached hydrogens (tertiary/aromatic N) is 1. The summed E-state index contributed by atoms with van der Waals surface area (Å²) in [5, 5.41) is 0. The zero-order chi connectivity index (χ0) is 16.8. The maximum Gasteiger partial charge on any atom is 0.514 e. The van der Waals surface area contributed by atoms with E-state index >= 15 is 0 Å². The molecule has 0 spiro atoms. The van der Waals surface area contributed by atoms with Crippen LogP contribution in [0.2, 0.25) is 0 Å². The number of ether oxygens (including phenoxy) is 2. The minimum absolute atomic E-state index is 0.0256. The van der Waals surface area contributed by atoms with Gasteiger partial charge in [-0.1, -0.05) is 0 Å². The third-order valence-electron chi connectivity index (χ3n) is 4.51. The number of hydrogen-bond donors (Lipinski definition) is 0. The Bertz CT molecular complexity index is 568. The van der Waals surface area contributed by atoms with Crippen molar-refractivity contribution >= 4 is 12.7 Å². The molecule has 1 saturated heterocycles. The molecule has 0 unspecified atom stereocenters. The lowest BCUT2D eigenvalue weighted by atomic mass is 9.84. The van der Waals surface area contributed by atoms with E-state index < -0.39 is 7.12 Å². The van der Waals surface area contributed by atoms with E-state index in [4.69, 9.17) is 18.8 Å². The summed E-state index contributed by atoms with van der Waals surface area (Å²) in [6.45, 7) is 12.1. The summed E-state index contributed by atoms with van der Waals surface area (Å²) in [6.07, 6.45) is 2.52. The van der Waals surface area contributed by atoms with Crippen LogP contribution < -0.4 is 15.1 Å². The van der Waals surface area contributed by atoms with Crippen molar-refractivity contribution in [3.8, 4) is 11.6 Å². The largest absolute Gasteiger partial charge is 0.514 e. The fraction of sp³-hybridized carbons (Fsp3) is 0.706. The van der Waals surface area contributed by atoms with Gasteiger partial charge in [-0.3, -0.25) is 0 Å². The maximum absolute atomic E-state index is 6.06. The second-order valence-corrected chi connectivity index (χ2v) is 7.61. The summed E-state index contributed by atoms with van der Waals surface area (Å²) in [5.41, 5.74) is -0.0640. The Labute approximate surface area is 138 Å². The van der Waals surface area contributed by atoms with Gasteiger partial charge < -0.3 is 18.8 Å². The van der Waals surface area contributed by atoms with Crippen LogP contribution in [-0.4, -0.2) is 35.5 Å². The summed E-state index contributed by atoms with van der Waals surface area (Å²) in [4.78, 5) is 4.61. The van der Waals surface area contributed by atoms with E-state index in [9.17, 15) is 0 Å². The lowest BCUT2D eigenvalue weighted by Gasteiger charge is -2.32. The molecule has 0 radical (unpaired) electrons. The Morgan fingerprint density at radius 3 is 2.26 bits per heavy atom. The molecule has 0 aromatic carbocycles. The summed E-state index contributed by atoms with van der Waals surface area (Å²) < 4.78 is 23.8. The molecule has 5 nitrogen and oxygen atoms in total. The third-order valence-corrected chi connectivity index (χ3v) is 4.51. The highest BCUT2D eigenvalue weighted by atomic mass is 16.7. The van der Waals surface area contributed by atoms with E-state index in [-0.39, 0.29) is 17.3 Å². The molecule has 1 aromatic heterocycles. The molecule has 1 aromatic rings. The monoisotopic (exact) mass is 319 g/mol. The maximum atomic E-state index is 6.06. The minimum atomic E-state index is -0.496. The molecule has 2 heterocycles. The number of pyridine rings is 1. The fourth-order valence-electron chi connectivity index (χ4n) is 2.30. The molecule has 1 aliphatic heterocycles. The molecule has 2 fully saturated rings. The van der Waals surface area contributed by atoms with E-state index in [0.717, 1.165) is 12.8 Å². The van der Waals surface area contributed by atoms with Gasteiger partial charge in [0.1, 0.15) is 0 Å². The van der Waals surface area contributed by atoms with Crippen molar-refractivity contribution in [2.45, 2.75) is 77.8 Å². The number of aromatic nitrogens is 1.